The Bertz CT molecular complexity index is 697. The highest BCUT2D eigenvalue weighted by Crippen LogP contribution is 2.30. The molecule has 1 aromatic heterocycles. The van der Waals surface area contributed by atoms with E-state index in [1.54, 1.807) is 32.3 Å². The lowest BCUT2D eigenvalue weighted by Gasteiger charge is -2.12. The summed E-state index contributed by atoms with van der Waals surface area (Å²) in [6.07, 6.45) is 1.42. The van der Waals surface area contributed by atoms with E-state index in [9.17, 15) is 9.59 Å². The average Bonchev–Trinajstić information content (AvgIpc) is 2.40. The maximum absolute atomic E-state index is 11.9. The lowest BCUT2D eigenvalue weighted by molar-refractivity contribution is 0.0827. The van der Waals surface area contributed by atoms with Crippen LogP contribution in [0.1, 0.15) is 10.4 Å². The van der Waals surface area contributed by atoms with Gasteiger partial charge in [-0.2, -0.15) is 0 Å². The van der Waals surface area contributed by atoms with Crippen LogP contribution in [0.15, 0.2) is 45.3 Å². The second-order valence-electron chi connectivity index (χ2n) is 4.29. The standard InChI is InChI=1S/C13H14N4O2S/c1-17(2)12(19)8-3-4-9(14)10(7-8)20-13-15-6-5-11(18)16-13/h3-7H,14H2,1-2H3,(H,15,16,18). The number of carbonyl (C=O) groups is 1. The third-order valence-corrected chi connectivity index (χ3v) is 3.50. The summed E-state index contributed by atoms with van der Waals surface area (Å²) in [5.74, 6) is -0.110. The molecular weight excluding hydrogens is 276 g/mol. The minimum atomic E-state index is -0.235. The van der Waals surface area contributed by atoms with Crippen molar-refractivity contribution in [3.8, 4) is 0 Å². The molecule has 104 valence electrons. The van der Waals surface area contributed by atoms with Crippen molar-refractivity contribution in [2.75, 3.05) is 19.8 Å². The lowest BCUT2D eigenvalue weighted by atomic mass is 10.2. The van der Waals surface area contributed by atoms with Gasteiger partial charge in [-0.15, -0.1) is 0 Å². The van der Waals surface area contributed by atoms with Gasteiger partial charge >= 0.3 is 0 Å². The molecule has 1 heterocycles. The number of rotatable bonds is 3. The summed E-state index contributed by atoms with van der Waals surface area (Å²) in [5, 5.41) is 0.429. The van der Waals surface area contributed by atoms with Crippen LogP contribution in [0.2, 0.25) is 0 Å². The third-order valence-electron chi connectivity index (χ3n) is 2.52. The number of nitrogens with zero attached hydrogens (tertiary/aromatic N) is 2. The predicted molar refractivity (Wildman–Crippen MR) is 77.9 cm³/mol. The molecule has 7 heteroatoms. The Morgan fingerprint density at radius 2 is 2.10 bits per heavy atom. The molecule has 3 N–H and O–H groups in total. The number of hydrogen-bond acceptors (Lipinski definition) is 5. The van der Waals surface area contributed by atoms with Crippen LogP contribution in [0, 0.1) is 0 Å². The van der Waals surface area contributed by atoms with Gasteiger partial charge in [0.15, 0.2) is 5.16 Å². The zero-order valence-electron chi connectivity index (χ0n) is 11.1. The van der Waals surface area contributed by atoms with Crippen molar-refractivity contribution in [3.05, 3.63) is 46.4 Å². The number of aromatic nitrogens is 2. The molecule has 0 bridgehead atoms. The number of H-pyrrole nitrogens is 1. The van der Waals surface area contributed by atoms with Gasteiger partial charge in [0.1, 0.15) is 0 Å². The van der Waals surface area contributed by atoms with Crippen LogP contribution in [0.25, 0.3) is 0 Å². The van der Waals surface area contributed by atoms with E-state index in [4.69, 9.17) is 5.73 Å². The largest absolute Gasteiger partial charge is 0.398 e. The highest BCUT2D eigenvalue weighted by atomic mass is 32.2. The maximum Gasteiger partial charge on any atom is 0.253 e. The molecule has 1 amide bonds. The molecule has 0 aliphatic carbocycles. The van der Waals surface area contributed by atoms with Crippen molar-refractivity contribution in [2.24, 2.45) is 0 Å². The lowest BCUT2D eigenvalue weighted by Crippen LogP contribution is -2.21. The first kappa shape index (κ1) is 14.1. The number of benzene rings is 1. The second kappa shape index (κ2) is 5.79. The van der Waals surface area contributed by atoms with Gasteiger partial charge < -0.3 is 15.6 Å². The number of nitrogens with one attached hydrogen (secondary N) is 1. The molecule has 0 aliphatic rings. The molecule has 0 spiro atoms. The normalized spacial score (nSPS) is 10.3. The van der Waals surface area contributed by atoms with Gasteiger partial charge in [-0.3, -0.25) is 9.59 Å². The highest BCUT2D eigenvalue weighted by molar-refractivity contribution is 7.99. The second-order valence-corrected chi connectivity index (χ2v) is 5.32. The molecule has 0 radical (unpaired) electrons. The minimum Gasteiger partial charge on any atom is -0.398 e. The van der Waals surface area contributed by atoms with E-state index < -0.39 is 0 Å². The molecular formula is C13H14N4O2S. The summed E-state index contributed by atoms with van der Waals surface area (Å²) in [5.41, 5.74) is 6.71. The van der Waals surface area contributed by atoms with Crippen LogP contribution < -0.4 is 11.3 Å². The molecule has 0 fully saturated rings. The van der Waals surface area contributed by atoms with Gasteiger partial charge in [0.05, 0.1) is 0 Å². The van der Waals surface area contributed by atoms with Crippen molar-refractivity contribution in [1.82, 2.24) is 14.9 Å². The highest BCUT2D eigenvalue weighted by Gasteiger charge is 2.11. The topological polar surface area (TPSA) is 92.1 Å². The number of anilines is 1. The number of amides is 1. The molecule has 2 rings (SSSR count). The molecule has 0 saturated carbocycles. The van der Waals surface area contributed by atoms with Crippen molar-refractivity contribution in [1.29, 1.82) is 0 Å². The Morgan fingerprint density at radius 1 is 1.35 bits per heavy atom. The van der Waals surface area contributed by atoms with Gasteiger partial charge in [0, 0.05) is 42.5 Å². The predicted octanol–water partition coefficient (Wildman–Crippen LogP) is 1.21. The number of hydrogen-bond donors (Lipinski definition) is 2. The Kier molecular flexibility index (Phi) is 4.09. The average molecular weight is 290 g/mol. The molecule has 6 nitrogen and oxygen atoms in total. The fourth-order valence-electron chi connectivity index (χ4n) is 1.52. The van der Waals surface area contributed by atoms with Crippen LogP contribution in [0.5, 0.6) is 0 Å². The van der Waals surface area contributed by atoms with Crippen LogP contribution in [0.3, 0.4) is 0 Å². The van der Waals surface area contributed by atoms with E-state index in [2.05, 4.69) is 9.97 Å². The molecule has 0 aliphatic heterocycles. The summed E-state index contributed by atoms with van der Waals surface area (Å²) in [6, 6.07) is 6.36. The first-order valence-electron chi connectivity index (χ1n) is 5.82. The summed E-state index contributed by atoms with van der Waals surface area (Å²) < 4.78 is 0. The summed E-state index contributed by atoms with van der Waals surface area (Å²) in [4.78, 5) is 31.9. The first-order valence-corrected chi connectivity index (χ1v) is 6.63. The Hall–Kier alpha value is -2.28. The van der Waals surface area contributed by atoms with Crippen LogP contribution in [-0.2, 0) is 0 Å². The monoisotopic (exact) mass is 290 g/mol. The molecule has 0 saturated heterocycles. The summed E-state index contributed by atoms with van der Waals surface area (Å²) in [6.45, 7) is 0. The van der Waals surface area contributed by atoms with Gasteiger partial charge in [-0.25, -0.2) is 4.98 Å². The number of carbonyl (C=O) groups excluding carboxylic acids is 1. The summed E-state index contributed by atoms with van der Waals surface area (Å²) >= 11 is 1.21. The molecule has 0 atom stereocenters. The van der Waals surface area contributed by atoms with Gasteiger partial charge in [-0.1, -0.05) is 0 Å². The maximum atomic E-state index is 11.9. The smallest absolute Gasteiger partial charge is 0.253 e. The fraction of sp³-hybridized carbons (Fsp3) is 0.154. The molecule has 1 aromatic carbocycles. The molecule has 20 heavy (non-hydrogen) atoms. The van der Waals surface area contributed by atoms with Crippen molar-refractivity contribution in [2.45, 2.75) is 10.1 Å². The van der Waals surface area contributed by atoms with Gasteiger partial charge in [0.2, 0.25) is 0 Å². The number of aromatic amines is 1. The first-order chi connectivity index (χ1) is 9.47. The van der Waals surface area contributed by atoms with Crippen molar-refractivity contribution >= 4 is 23.4 Å². The van der Waals surface area contributed by atoms with Gasteiger partial charge in [0.25, 0.3) is 11.5 Å². The van der Waals surface area contributed by atoms with Crippen LogP contribution >= 0.6 is 11.8 Å². The SMILES string of the molecule is CN(C)C(=O)c1ccc(N)c(Sc2nccc(=O)[nH]2)c1. The van der Waals surface area contributed by atoms with Crippen molar-refractivity contribution in [3.63, 3.8) is 0 Å². The molecule has 2 aromatic rings. The Labute approximate surface area is 120 Å². The number of nitrogen functional groups attached to an aromatic ring is 1. The van der Waals surface area contributed by atoms with E-state index >= 15 is 0 Å². The zero-order chi connectivity index (χ0) is 14.7. The third kappa shape index (κ3) is 3.18. The minimum absolute atomic E-state index is 0.110. The van der Waals surface area contributed by atoms with Crippen LogP contribution in [-0.4, -0.2) is 34.9 Å². The van der Waals surface area contributed by atoms with Crippen molar-refractivity contribution < 1.29 is 4.79 Å². The Balaban J connectivity index is 2.34. The number of nitrogens with two attached hydrogens (primary N) is 1. The van der Waals surface area contributed by atoms with Crippen LogP contribution in [0.4, 0.5) is 5.69 Å². The van der Waals surface area contributed by atoms with Gasteiger partial charge in [-0.05, 0) is 30.0 Å². The summed E-state index contributed by atoms with van der Waals surface area (Å²) in [7, 11) is 3.36. The molecule has 0 unspecified atom stereocenters. The Morgan fingerprint density at radius 3 is 2.75 bits per heavy atom. The van der Waals surface area contributed by atoms with E-state index in [1.807, 2.05) is 0 Å². The zero-order valence-corrected chi connectivity index (χ0v) is 11.9. The van der Waals surface area contributed by atoms with E-state index in [0.29, 0.717) is 21.3 Å². The van der Waals surface area contributed by atoms with E-state index in [0.717, 1.165) is 0 Å². The van der Waals surface area contributed by atoms with E-state index in [-0.39, 0.29) is 11.5 Å². The fourth-order valence-corrected chi connectivity index (χ4v) is 2.37. The van der Waals surface area contributed by atoms with E-state index in [1.165, 1.54) is 28.9 Å². The quantitative estimate of drug-likeness (QED) is 0.654.